The Morgan fingerprint density at radius 1 is 0.629 bits per heavy atom. The van der Waals surface area contributed by atoms with Crippen LogP contribution in [0.25, 0.3) is 0 Å². The summed E-state index contributed by atoms with van der Waals surface area (Å²) in [6.45, 7) is 2.53. The summed E-state index contributed by atoms with van der Waals surface area (Å²) in [6.07, 6.45) is 0.122. The minimum Gasteiger partial charge on any atom is -0.394 e. The van der Waals surface area contributed by atoms with Gasteiger partial charge in [0.2, 0.25) is 47.3 Å². The van der Waals surface area contributed by atoms with E-state index in [-0.39, 0.29) is 121 Å². The highest BCUT2D eigenvalue weighted by atomic mass is 16.6. The minimum absolute atomic E-state index is 0.0210. The van der Waals surface area contributed by atoms with E-state index >= 15 is 0 Å². The summed E-state index contributed by atoms with van der Waals surface area (Å²) in [5, 5.41) is 41.2. The molecule has 0 unspecified atom stereocenters. The maximum absolute atomic E-state index is 14.5. The fourth-order valence-electron chi connectivity index (χ4n) is 9.71. The zero-order chi connectivity index (χ0) is 65.6. The van der Waals surface area contributed by atoms with Crippen molar-refractivity contribution in [2.24, 2.45) is 61.0 Å². The van der Waals surface area contributed by atoms with Gasteiger partial charge in [-0.15, -0.1) is 0 Å². The third-order valence-corrected chi connectivity index (χ3v) is 14.3. The number of nitrogens with zero attached hydrogens (tertiary/aromatic N) is 4. The summed E-state index contributed by atoms with van der Waals surface area (Å²) in [6, 6.07) is 5.21. The summed E-state index contributed by atoms with van der Waals surface area (Å²) >= 11 is 0. The van der Waals surface area contributed by atoms with Crippen molar-refractivity contribution in [3.63, 3.8) is 0 Å². The number of likely N-dealkylation sites (tertiary alicyclic amines) is 1. The number of carbonyl (C=O) groups excluding carboxylic acids is 10. The Balaban J connectivity index is 1.53. The number of carbonyl (C=O) groups is 10. The maximum atomic E-state index is 14.5. The van der Waals surface area contributed by atoms with Crippen molar-refractivity contribution in [3.05, 3.63) is 71.8 Å². The summed E-state index contributed by atoms with van der Waals surface area (Å²) in [5.74, 6) is -9.59. The molecule has 8 amide bonds. The van der Waals surface area contributed by atoms with Gasteiger partial charge in [0.1, 0.15) is 42.3 Å². The molecule has 4 rings (SSSR count). The number of β-amino-alcohol motifs (C(OH)–C–C–N with tert-alkyl or cyclic N) is 1. The van der Waals surface area contributed by atoms with Gasteiger partial charge in [0.05, 0.1) is 31.3 Å². The first-order valence-electron chi connectivity index (χ1n) is 29.5. The molecule has 2 aromatic rings. The molecule has 2 heterocycles. The van der Waals surface area contributed by atoms with Crippen LogP contribution in [0.5, 0.6) is 0 Å². The number of amides is 8. The topological polar surface area (TPSA) is 539 Å². The summed E-state index contributed by atoms with van der Waals surface area (Å²) < 4.78 is 5.42. The van der Waals surface area contributed by atoms with Crippen LogP contribution < -0.4 is 82.7 Å². The van der Waals surface area contributed by atoms with Crippen molar-refractivity contribution in [2.75, 3.05) is 45.9 Å². The normalized spacial score (nSPS) is 17.6. The molecule has 0 saturated carbocycles. The molecule has 32 nitrogen and oxygen atoms in total. The second kappa shape index (κ2) is 37.6. The molecule has 2 saturated heterocycles. The molecular formula is C57H89N19O13. The molecule has 0 aliphatic carbocycles. The van der Waals surface area contributed by atoms with Gasteiger partial charge in [0, 0.05) is 45.6 Å². The molecule has 0 radical (unpaired) electrons. The molecule has 0 bridgehead atoms. The number of hydrogen-bond donors (Lipinski definition) is 17. The van der Waals surface area contributed by atoms with Crippen LogP contribution in [0.15, 0.2) is 75.6 Å². The summed E-state index contributed by atoms with van der Waals surface area (Å²) in [7, 11) is 0. The van der Waals surface area contributed by atoms with Crippen LogP contribution in [0.4, 0.5) is 0 Å². The Hall–Kier alpha value is -9.01. The Labute approximate surface area is 515 Å². The van der Waals surface area contributed by atoms with E-state index in [1.165, 1.54) is 4.90 Å². The Morgan fingerprint density at radius 2 is 1.10 bits per heavy atom. The largest absolute Gasteiger partial charge is 0.394 e. The van der Waals surface area contributed by atoms with Gasteiger partial charge in [-0.2, -0.15) is 0 Å². The van der Waals surface area contributed by atoms with Crippen LogP contribution >= 0.6 is 0 Å². The highest BCUT2D eigenvalue weighted by Crippen LogP contribution is 2.22. The second-order valence-electron chi connectivity index (χ2n) is 22.1. The lowest BCUT2D eigenvalue weighted by Crippen LogP contribution is -2.60. The predicted octanol–water partition coefficient (Wildman–Crippen LogP) is -6.19. The highest BCUT2D eigenvalue weighted by molar-refractivity contribution is 5.99. The lowest BCUT2D eigenvalue weighted by atomic mass is 10.00. The van der Waals surface area contributed by atoms with Gasteiger partial charge in [-0.05, 0) is 81.3 Å². The number of guanidine groups is 3. The van der Waals surface area contributed by atoms with E-state index in [1.807, 2.05) is 0 Å². The fraction of sp³-hybridized carbons (Fsp3) is 0.561. The van der Waals surface area contributed by atoms with Crippen LogP contribution in [-0.2, 0) is 65.5 Å². The van der Waals surface area contributed by atoms with Gasteiger partial charge in [0.15, 0.2) is 17.9 Å². The molecule has 2 fully saturated rings. The molecule has 89 heavy (non-hydrogen) atoms. The van der Waals surface area contributed by atoms with Crippen LogP contribution in [0, 0.1) is 5.92 Å². The lowest BCUT2D eigenvalue weighted by molar-refractivity contribution is -0.167. The Kier molecular flexibility index (Phi) is 30.6. The predicted molar refractivity (Wildman–Crippen MR) is 327 cm³/mol. The molecule has 10 atom stereocenters. The SMILES string of the molecule is CC(C)C[C@H](NC(=O)[C@@H](Cc1ccccc1)NC(=O)[C@H](CO)NC(=O)[C@H](Cc1ccccc1)NC(=O)CNC(=O)[C@@H]1C[C@@H](O)CN1)C(=O)N[C@@H](CCCN=C(N)N)C(=O)OC(=O)[C@@H]1CCCN1C(=O)[C@H](CCCN=C(N)N)NC(=O)[C@H](N)CCCN=C(N)N. The molecule has 2 aliphatic heterocycles. The maximum Gasteiger partial charge on any atom is 0.336 e. The van der Waals surface area contributed by atoms with Gasteiger partial charge >= 0.3 is 11.9 Å². The fourth-order valence-corrected chi connectivity index (χ4v) is 9.71. The van der Waals surface area contributed by atoms with Gasteiger partial charge in [-0.3, -0.25) is 53.3 Å². The molecule has 0 spiro atoms. The number of aliphatic hydroxyl groups excluding tert-OH is 2. The number of benzene rings is 2. The number of nitrogens with one attached hydrogen (secondary N) is 8. The molecule has 2 aliphatic rings. The number of rotatable bonds is 36. The van der Waals surface area contributed by atoms with E-state index in [1.54, 1.807) is 74.5 Å². The average Bonchev–Trinajstić information content (AvgIpc) is 4.11. The number of hydrogen-bond acceptors (Lipinski definition) is 18. The van der Waals surface area contributed by atoms with Crippen LogP contribution in [0.1, 0.15) is 89.2 Å². The summed E-state index contributed by atoms with van der Waals surface area (Å²) in [5.41, 5.74) is 40.1. The third-order valence-electron chi connectivity index (χ3n) is 14.3. The first-order valence-corrected chi connectivity index (χ1v) is 29.5. The van der Waals surface area contributed by atoms with E-state index in [2.05, 4.69) is 57.5 Å². The van der Waals surface area contributed by atoms with E-state index in [0.29, 0.717) is 24.0 Å². The van der Waals surface area contributed by atoms with Gasteiger partial charge in [-0.1, -0.05) is 74.5 Å². The van der Waals surface area contributed by atoms with Crippen molar-refractivity contribution in [3.8, 4) is 0 Å². The van der Waals surface area contributed by atoms with Crippen LogP contribution in [0.3, 0.4) is 0 Å². The number of nitrogens with two attached hydrogens (primary N) is 7. The lowest BCUT2D eigenvalue weighted by Gasteiger charge is -2.29. The zero-order valence-electron chi connectivity index (χ0n) is 50.3. The third kappa shape index (κ3) is 26.1. The Bertz CT molecular complexity index is 2780. The van der Waals surface area contributed by atoms with Crippen molar-refractivity contribution >= 4 is 77.1 Å². The molecular weight excluding hydrogens is 1160 g/mol. The van der Waals surface area contributed by atoms with Crippen LogP contribution in [0.2, 0.25) is 0 Å². The first kappa shape index (κ1) is 72.5. The van der Waals surface area contributed by atoms with Crippen molar-refractivity contribution in [2.45, 2.75) is 151 Å². The highest BCUT2D eigenvalue weighted by Gasteiger charge is 2.41. The van der Waals surface area contributed by atoms with E-state index in [0.717, 1.165) is 0 Å². The molecule has 24 N–H and O–H groups in total. The molecule has 0 aromatic heterocycles. The van der Waals surface area contributed by atoms with Crippen molar-refractivity contribution in [1.29, 1.82) is 0 Å². The van der Waals surface area contributed by atoms with E-state index in [9.17, 15) is 58.2 Å². The summed E-state index contributed by atoms with van der Waals surface area (Å²) in [4.78, 5) is 152. The minimum atomic E-state index is -1.70. The number of ether oxygens (including phenoxy) is 1. The van der Waals surface area contributed by atoms with E-state index in [4.69, 9.17) is 44.9 Å². The zero-order valence-corrected chi connectivity index (χ0v) is 50.3. The van der Waals surface area contributed by atoms with Gasteiger partial charge in [-0.25, -0.2) is 9.59 Å². The number of aliphatic hydroxyl groups is 2. The quantitative estimate of drug-likeness (QED) is 0.00992. The van der Waals surface area contributed by atoms with Crippen molar-refractivity contribution < 1.29 is 62.9 Å². The van der Waals surface area contributed by atoms with Gasteiger partial charge < -0.3 is 103 Å². The first-order chi connectivity index (χ1) is 42.3. The monoisotopic (exact) mass is 1250 g/mol. The van der Waals surface area contributed by atoms with Crippen molar-refractivity contribution in [1.82, 2.24) is 47.4 Å². The van der Waals surface area contributed by atoms with Crippen LogP contribution in [-0.4, -0.2) is 199 Å². The molecule has 2 aromatic carbocycles. The standard InChI is InChI=1S/C57H89N19O13/c1-32(2)25-40(48(82)72-38(19-11-23-67-57(63)64)53(87)89-54(88)44-20-12-24-76(44)52(86)37(18-10-22-66-56(61)62)71-46(80)36(58)17-9-21-65-55(59)60)73-50(84)42(27-34-15-7-4-8-16-34)74-51(85)43(31-77)75-49(83)41(26-33-13-5-3-6-14-33)70-45(79)30-69-47(81)39-28-35(78)29-68-39/h3-8,13-16,32,35-44,68,77-78H,9-12,17-31,58H2,1-2H3,(H,69,81)(H,70,79)(H,71,80)(H,72,82)(H,73,84)(H,74,85)(H,75,83)(H4,59,60,65)(H4,61,62,66)(H4,63,64,67)/t35-,36-,37+,38+,39+,40+,41+,42-,43+,44+/m1/s1. The molecule has 32 heteroatoms. The second-order valence-corrected chi connectivity index (χ2v) is 22.1. The average molecular weight is 1250 g/mol. The Morgan fingerprint density at radius 3 is 1.62 bits per heavy atom. The molecule has 490 valence electrons. The van der Waals surface area contributed by atoms with E-state index < -0.39 is 133 Å². The van der Waals surface area contributed by atoms with Gasteiger partial charge in [0.25, 0.3) is 0 Å². The number of esters is 2. The smallest absolute Gasteiger partial charge is 0.336 e. The number of aliphatic imine (C=N–C) groups is 3.